The van der Waals surface area contributed by atoms with E-state index in [4.69, 9.17) is 14.7 Å². The zero-order chi connectivity index (χ0) is 20.3. The molecule has 10 nitrogen and oxygen atoms in total. The lowest BCUT2D eigenvalue weighted by Gasteiger charge is -2.22. The van der Waals surface area contributed by atoms with Crippen LogP contribution >= 0.6 is 0 Å². The highest BCUT2D eigenvalue weighted by molar-refractivity contribution is 6.05. The molecule has 0 unspecified atom stereocenters. The molecular weight excluding hydrogens is 366 g/mol. The second kappa shape index (κ2) is 7.99. The normalized spacial score (nSPS) is 10.9. The zero-order valence-electron chi connectivity index (χ0n) is 15.6. The van der Waals surface area contributed by atoms with Gasteiger partial charge in [-0.25, -0.2) is 4.79 Å². The lowest BCUT2D eigenvalue weighted by atomic mass is 10.2. The van der Waals surface area contributed by atoms with Gasteiger partial charge in [0.1, 0.15) is 17.3 Å². The molecule has 10 heteroatoms. The van der Waals surface area contributed by atoms with Crippen LogP contribution in [-0.4, -0.2) is 20.6 Å². The first-order valence-electron chi connectivity index (χ1n) is 8.82. The number of nitrogens with zero attached hydrogens (tertiary/aromatic N) is 3. The van der Waals surface area contributed by atoms with Crippen molar-refractivity contribution in [3.8, 4) is 0 Å². The monoisotopic (exact) mass is 387 g/mol. The van der Waals surface area contributed by atoms with Crippen LogP contribution in [0.2, 0.25) is 0 Å². The number of carbonyl (C=O) groups is 1. The Kier molecular flexibility index (Phi) is 5.48. The minimum atomic E-state index is -0.768. The number of rotatable bonds is 7. The predicted molar refractivity (Wildman–Crippen MR) is 101 cm³/mol. The van der Waals surface area contributed by atoms with Gasteiger partial charge in [-0.15, -0.1) is 0 Å². The Balaban J connectivity index is 2.13. The van der Waals surface area contributed by atoms with E-state index in [0.717, 1.165) is 11.3 Å². The average molecular weight is 387 g/mol. The number of amides is 1. The first-order valence-corrected chi connectivity index (χ1v) is 8.82. The number of nitrogen functional groups attached to an aromatic ring is 1. The molecule has 0 saturated carbocycles. The van der Waals surface area contributed by atoms with Gasteiger partial charge in [0.2, 0.25) is 0 Å². The number of carbonyl (C=O) groups excluding carboxylic acids is 1. The molecular formula is C18H21N5O5. The minimum absolute atomic E-state index is 0.00849. The molecule has 0 saturated heterocycles. The predicted octanol–water partition coefficient (Wildman–Crippen LogP) is 1.66. The largest absolute Gasteiger partial charge is 0.467 e. The molecule has 0 aliphatic carbocycles. The number of nitrogens with one attached hydrogen (secondary N) is 1. The Morgan fingerprint density at radius 3 is 2.79 bits per heavy atom. The van der Waals surface area contributed by atoms with E-state index < -0.39 is 17.2 Å². The second-order valence-corrected chi connectivity index (χ2v) is 6.29. The number of aromatic nitrogens is 3. The number of aryl methyl sites for hydroxylation is 1. The number of hydrogen-bond donors (Lipinski definition) is 2. The molecule has 148 valence electrons. The van der Waals surface area contributed by atoms with Crippen molar-refractivity contribution in [1.82, 2.24) is 14.7 Å². The van der Waals surface area contributed by atoms with Crippen molar-refractivity contribution in [2.45, 2.75) is 39.8 Å². The highest BCUT2D eigenvalue weighted by Crippen LogP contribution is 2.22. The van der Waals surface area contributed by atoms with Crippen molar-refractivity contribution < 1.29 is 13.7 Å². The maximum Gasteiger partial charge on any atom is 0.330 e. The highest BCUT2D eigenvalue weighted by Gasteiger charge is 2.28. The van der Waals surface area contributed by atoms with E-state index in [1.165, 1.54) is 16.9 Å². The van der Waals surface area contributed by atoms with Crippen LogP contribution in [0.5, 0.6) is 0 Å². The van der Waals surface area contributed by atoms with E-state index in [0.29, 0.717) is 24.5 Å². The van der Waals surface area contributed by atoms with E-state index in [1.54, 1.807) is 19.1 Å². The van der Waals surface area contributed by atoms with Crippen molar-refractivity contribution in [3.05, 3.63) is 62.5 Å². The molecule has 0 radical (unpaired) electrons. The summed E-state index contributed by atoms with van der Waals surface area (Å²) in [6.07, 6.45) is 2.96. The van der Waals surface area contributed by atoms with Crippen molar-refractivity contribution in [1.29, 1.82) is 0 Å². The van der Waals surface area contributed by atoms with Crippen LogP contribution in [-0.2, 0) is 13.1 Å². The molecule has 0 fully saturated rings. The molecule has 0 spiro atoms. The molecule has 1 amide bonds. The molecule has 0 bridgehead atoms. The summed E-state index contributed by atoms with van der Waals surface area (Å²) in [4.78, 5) is 41.2. The van der Waals surface area contributed by atoms with Crippen LogP contribution in [0.15, 0.2) is 43.0 Å². The first kappa shape index (κ1) is 19.2. The van der Waals surface area contributed by atoms with E-state index in [-0.39, 0.29) is 23.7 Å². The van der Waals surface area contributed by atoms with Gasteiger partial charge < -0.3 is 14.7 Å². The van der Waals surface area contributed by atoms with Crippen LogP contribution < -0.4 is 21.9 Å². The third-order valence-corrected chi connectivity index (χ3v) is 4.21. The van der Waals surface area contributed by atoms with Crippen LogP contribution in [0.1, 0.15) is 41.8 Å². The fraction of sp³-hybridized carbons (Fsp3) is 0.333. The lowest BCUT2D eigenvalue weighted by molar-refractivity contribution is 0.0974. The fourth-order valence-corrected chi connectivity index (χ4v) is 2.79. The van der Waals surface area contributed by atoms with Gasteiger partial charge in [-0.1, -0.05) is 18.5 Å². The Bertz CT molecular complexity index is 1080. The fourth-order valence-electron chi connectivity index (χ4n) is 2.79. The van der Waals surface area contributed by atoms with Crippen molar-refractivity contribution in [2.24, 2.45) is 0 Å². The van der Waals surface area contributed by atoms with E-state index in [2.05, 4.69) is 10.1 Å². The van der Waals surface area contributed by atoms with Crippen molar-refractivity contribution in [3.63, 3.8) is 0 Å². The SMILES string of the molecule is CCCCn1c(N)c(N(Cc2ccco2)C(=O)c2cc(C)on2)c(=O)[nH]c1=O. The second-order valence-electron chi connectivity index (χ2n) is 6.29. The van der Waals surface area contributed by atoms with Crippen molar-refractivity contribution in [2.75, 3.05) is 10.6 Å². The third kappa shape index (κ3) is 3.75. The van der Waals surface area contributed by atoms with Gasteiger partial charge in [-0.05, 0) is 25.5 Å². The van der Waals surface area contributed by atoms with Gasteiger partial charge in [-0.2, -0.15) is 0 Å². The van der Waals surface area contributed by atoms with Gasteiger partial charge in [0.05, 0.1) is 12.8 Å². The zero-order valence-corrected chi connectivity index (χ0v) is 15.6. The molecule has 0 atom stereocenters. The first-order chi connectivity index (χ1) is 13.4. The summed E-state index contributed by atoms with van der Waals surface area (Å²) in [6, 6.07) is 4.77. The standard InChI is InChI=1S/C18H21N5O5/c1-3-4-7-22-15(19)14(16(24)20-18(22)26)23(10-12-6-5-8-27-12)17(25)13-9-11(2)28-21-13/h5-6,8-9H,3-4,7,10,19H2,1-2H3,(H,20,24,26). The number of furan rings is 1. The van der Waals surface area contributed by atoms with Crippen LogP contribution in [0.25, 0.3) is 0 Å². The van der Waals surface area contributed by atoms with E-state index in [1.807, 2.05) is 6.92 Å². The Morgan fingerprint density at radius 1 is 1.39 bits per heavy atom. The maximum absolute atomic E-state index is 13.1. The summed E-state index contributed by atoms with van der Waals surface area (Å²) < 4.78 is 11.5. The summed E-state index contributed by atoms with van der Waals surface area (Å²) in [7, 11) is 0. The molecule has 3 N–H and O–H groups in total. The van der Waals surface area contributed by atoms with Gasteiger partial charge in [0, 0.05) is 12.6 Å². The van der Waals surface area contributed by atoms with Gasteiger partial charge in [0.25, 0.3) is 11.5 Å². The molecule has 0 aromatic carbocycles. The maximum atomic E-state index is 13.1. The number of unbranched alkanes of at least 4 members (excludes halogenated alkanes) is 1. The summed E-state index contributed by atoms with van der Waals surface area (Å²) in [5.41, 5.74) is 4.63. The van der Waals surface area contributed by atoms with Gasteiger partial charge in [-0.3, -0.25) is 24.0 Å². The molecule has 3 heterocycles. The lowest BCUT2D eigenvalue weighted by Crippen LogP contribution is -2.41. The Morgan fingerprint density at radius 2 is 2.18 bits per heavy atom. The number of anilines is 2. The quantitative estimate of drug-likeness (QED) is 0.628. The summed E-state index contributed by atoms with van der Waals surface area (Å²) in [5, 5.41) is 3.72. The smallest absolute Gasteiger partial charge is 0.330 e. The summed E-state index contributed by atoms with van der Waals surface area (Å²) >= 11 is 0. The molecule has 0 aliphatic rings. The number of aromatic amines is 1. The van der Waals surface area contributed by atoms with Crippen LogP contribution in [0.3, 0.4) is 0 Å². The van der Waals surface area contributed by atoms with E-state index >= 15 is 0 Å². The van der Waals surface area contributed by atoms with Gasteiger partial charge in [0.15, 0.2) is 11.4 Å². The number of H-pyrrole nitrogens is 1. The average Bonchev–Trinajstić information content (AvgIpc) is 3.31. The number of nitrogens with two attached hydrogens (primary N) is 1. The minimum Gasteiger partial charge on any atom is -0.467 e. The van der Waals surface area contributed by atoms with Crippen LogP contribution in [0.4, 0.5) is 11.5 Å². The highest BCUT2D eigenvalue weighted by atomic mass is 16.5. The summed E-state index contributed by atoms with van der Waals surface area (Å²) in [5.74, 6) is 0.170. The Hall–Kier alpha value is -3.56. The number of hydrogen-bond acceptors (Lipinski definition) is 7. The molecule has 3 aromatic heterocycles. The molecule has 0 aliphatic heterocycles. The summed E-state index contributed by atoms with van der Waals surface area (Å²) in [6.45, 7) is 3.86. The third-order valence-electron chi connectivity index (χ3n) is 4.21. The van der Waals surface area contributed by atoms with Gasteiger partial charge >= 0.3 is 5.69 Å². The van der Waals surface area contributed by atoms with Crippen LogP contribution in [0, 0.1) is 6.92 Å². The van der Waals surface area contributed by atoms with E-state index in [9.17, 15) is 14.4 Å². The topological polar surface area (TPSA) is 140 Å². The molecule has 28 heavy (non-hydrogen) atoms. The molecule has 3 rings (SSSR count). The molecule has 3 aromatic rings. The van der Waals surface area contributed by atoms with Crippen molar-refractivity contribution >= 4 is 17.4 Å². The Labute approximate surface area is 159 Å².